The van der Waals surface area contributed by atoms with Crippen LogP contribution in [0.1, 0.15) is 11.1 Å². The summed E-state index contributed by atoms with van der Waals surface area (Å²) in [6.45, 7) is 2.90. The van der Waals surface area contributed by atoms with Gasteiger partial charge in [0.1, 0.15) is 0 Å². The molecule has 0 aliphatic heterocycles. The highest BCUT2D eigenvalue weighted by molar-refractivity contribution is 7.80. The van der Waals surface area contributed by atoms with Crippen molar-refractivity contribution >= 4 is 16.1 Å². The summed E-state index contributed by atoms with van der Waals surface area (Å²) in [5.74, 6) is 0. The highest BCUT2D eigenvalue weighted by Crippen LogP contribution is 2.13. The molecule has 18 heavy (non-hydrogen) atoms. The van der Waals surface area contributed by atoms with E-state index in [1.165, 1.54) is 0 Å². The van der Waals surface area contributed by atoms with Crippen LogP contribution in [-0.2, 0) is 21.0 Å². The fraction of sp³-hybridized carbons (Fsp3) is 0.455. The first kappa shape index (κ1) is 14.9. The molecule has 0 saturated heterocycles. The number of rotatable bonds is 7. The minimum absolute atomic E-state index is 0.0951. The van der Waals surface area contributed by atoms with E-state index in [9.17, 15) is 8.42 Å². The smallest absolute Gasteiger partial charge is 0.397 e. The summed E-state index contributed by atoms with van der Waals surface area (Å²) in [7, 11) is -4.34. The molecule has 0 bridgehead atoms. The number of anilines is 1. The zero-order valence-corrected chi connectivity index (χ0v) is 11.0. The first-order valence-corrected chi connectivity index (χ1v) is 6.92. The number of hydrogen-bond acceptors (Lipinski definition) is 5. The number of nitrogens with one attached hydrogen (secondary N) is 1. The van der Waals surface area contributed by atoms with Crippen LogP contribution < -0.4 is 11.1 Å². The lowest BCUT2D eigenvalue weighted by Crippen LogP contribution is -2.23. The van der Waals surface area contributed by atoms with E-state index in [1.54, 1.807) is 0 Å². The van der Waals surface area contributed by atoms with E-state index in [1.807, 2.05) is 25.1 Å². The van der Waals surface area contributed by atoms with Crippen LogP contribution in [0.5, 0.6) is 0 Å². The largest absolute Gasteiger partial charge is 0.399 e. The van der Waals surface area contributed by atoms with Gasteiger partial charge in [-0.05, 0) is 31.5 Å². The van der Waals surface area contributed by atoms with Gasteiger partial charge in [-0.1, -0.05) is 17.7 Å². The predicted octanol–water partition coefficient (Wildman–Crippen LogP) is 0.529. The third-order valence-corrected chi connectivity index (χ3v) is 2.85. The van der Waals surface area contributed by atoms with Crippen molar-refractivity contribution in [2.45, 2.75) is 13.3 Å². The van der Waals surface area contributed by atoms with Crippen molar-refractivity contribution < 1.29 is 17.2 Å². The fourth-order valence-corrected chi connectivity index (χ4v) is 1.81. The van der Waals surface area contributed by atoms with E-state index in [0.29, 0.717) is 13.1 Å². The molecule has 6 nitrogen and oxygen atoms in total. The molecule has 0 unspecified atom stereocenters. The van der Waals surface area contributed by atoms with Gasteiger partial charge in [0.05, 0.1) is 6.61 Å². The van der Waals surface area contributed by atoms with Gasteiger partial charge in [0, 0.05) is 12.2 Å². The molecule has 7 heteroatoms. The standard InChI is InChI=1S/C11H18N2O4S/c1-9-2-3-11(12)10(8-9)4-5-13-6-7-17-18(14,15)16/h2-3,8,13H,4-7,12H2,1H3,(H,14,15,16). The number of benzene rings is 1. The Balaban J connectivity index is 2.24. The Kier molecular flexibility index (Phi) is 5.54. The van der Waals surface area contributed by atoms with Crippen LogP contribution in [0, 0.1) is 6.92 Å². The maximum Gasteiger partial charge on any atom is 0.397 e. The average Bonchev–Trinajstić information content (AvgIpc) is 2.26. The molecule has 0 atom stereocenters. The van der Waals surface area contributed by atoms with Crippen LogP contribution in [0.15, 0.2) is 18.2 Å². The Bertz CT molecular complexity index is 488. The van der Waals surface area contributed by atoms with Crippen molar-refractivity contribution in [1.82, 2.24) is 5.32 Å². The third kappa shape index (κ3) is 5.97. The Morgan fingerprint density at radius 1 is 1.39 bits per heavy atom. The van der Waals surface area contributed by atoms with Crippen molar-refractivity contribution in [2.24, 2.45) is 0 Å². The van der Waals surface area contributed by atoms with E-state index < -0.39 is 10.4 Å². The zero-order valence-electron chi connectivity index (χ0n) is 10.2. The summed E-state index contributed by atoms with van der Waals surface area (Å²) < 4.78 is 33.0. The number of nitrogens with two attached hydrogens (primary N) is 1. The highest BCUT2D eigenvalue weighted by atomic mass is 32.3. The van der Waals surface area contributed by atoms with Gasteiger partial charge in [-0.2, -0.15) is 8.42 Å². The normalized spacial score (nSPS) is 11.7. The fourth-order valence-electron chi connectivity index (χ4n) is 1.52. The Labute approximate surface area is 107 Å². The van der Waals surface area contributed by atoms with Gasteiger partial charge in [0.15, 0.2) is 0 Å². The van der Waals surface area contributed by atoms with Crippen LogP contribution in [-0.4, -0.2) is 32.7 Å². The van der Waals surface area contributed by atoms with E-state index in [4.69, 9.17) is 10.3 Å². The number of hydrogen-bond donors (Lipinski definition) is 3. The van der Waals surface area contributed by atoms with Crippen LogP contribution >= 0.6 is 0 Å². The van der Waals surface area contributed by atoms with Crippen molar-refractivity contribution in [1.29, 1.82) is 0 Å². The lowest BCUT2D eigenvalue weighted by Gasteiger charge is -2.08. The van der Waals surface area contributed by atoms with E-state index >= 15 is 0 Å². The van der Waals surface area contributed by atoms with Gasteiger partial charge in [-0.15, -0.1) is 0 Å². The SMILES string of the molecule is Cc1ccc(N)c(CCNCCOS(=O)(=O)O)c1. The second kappa shape index (κ2) is 6.69. The molecule has 0 saturated carbocycles. The molecule has 1 rings (SSSR count). The van der Waals surface area contributed by atoms with Crippen molar-refractivity contribution in [3.05, 3.63) is 29.3 Å². The first-order valence-electron chi connectivity index (χ1n) is 5.56. The van der Waals surface area contributed by atoms with E-state index in [2.05, 4.69) is 9.50 Å². The monoisotopic (exact) mass is 274 g/mol. The summed E-state index contributed by atoms with van der Waals surface area (Å²) in [6, 6.07) is 5.84. The summed E-state index contributed by atoms with van der Waals surface area (Å²) in [5.41, 5.74) is 8.77. The number of aryl methyl sites for hydroxylation is 1. The molecule has 0 fully saturated rings. The molecule has 1 aromatic rings. The van der Waals surface area contributed by atoms with Gasteiger partial charge in [-0.3, -0.25) is 4.55 Å². The van der Waals surface area contributed by atoms with Gasteiger partial charge < -0.3 is 11.1 Å². The van der Waals surface area contributed by atoms with Crippen molar-refractivity contribution in [3.63, 3.8) is 0 Å². The van der Waals surface area contributed by atoms with Crippen molar-refractivity contribution in [3.8, 4) is 0 Å². The first-order chi connectivity index (χ1) is 8.38. The molecule has 102 valence electrons. The molecule has 0 heterocycles. The lowest BCUT2D eigenvalue weighted by molar-refractivity contribution is 0.268. The second-order valence-corrected chi connectivity index (χ2v) is 5.04. The molecular formula is C11H18N2O4S. The maximum absolute atomic E-state index is 10.3. The maximum atomic E-state index is 10.3. The molecule has 0 aromatic heterocycles. The molecule has 4 N–H and O–H groups in total. The molecule has 0 aliphatic rings. The second-order valence-electron chi connectivity index (χ2n) is 3.95. The predicted molar refractivity (Wildman–Crippen MR) is 69.7 cm³/mol. The highest BCUT2D eigenvalue weighted by Gasteiger charge is 2.03. The molecule has 0 amide bonds. The topological polar surface area (TPSA) is 102 Å². The Morgan fingerprint density at radius 3 is 2.78 bits per heavy atom. The van der Waals surface area contributed by atoms with Crippen LogP contribution in [0.2, 0.25) is 0 Å². The molecule has 0 radical (unpaired) electrons. The Morgan fingerprint density at radius 2 is 2.11 bits per heavy atom. The molecule has 0 spiro atoms. The number of nitrogen functional groups attached to an aromatic ring is 1. The van der Waals surface area contributed by atoms with E-state index in [-0.39, 0.29) is 6.61 Å². The van der Waals surface area contributed by atoms with Crippen LogP contribution in [0.3, 0.4) is 0 Å². The van der Waals surface area contributed by atoms with Gasteiger partial charge >= 0.3 is 10.4 Å². The summed E-state index contributed by atoms with van der Waals surface area (Å²) >= 11 is 0. The minimum Gasteiger partial charge on any atom is -0.399 e. The van der Waals surface area contributed by atoms with E-state index in [0.717, 1.165) is 23.2 Å². The summed E-state index contributed by atoms with van der Waals surface area (Å²) in [4.78, 5) is 0. The summed E-state index contributed by atoms with van der Waals surface area (Å²) in [6.07, 6.45) is 0.749. The van der Waals surface area contributed by atoms with Crippen molar-refractivity contribution in [2.75, 3.05) is 25.4 Å². The minimum atomic E-state index is -4.34. The Hall–Kier alpha value is -1.15. The quantitative estimate of drug-likeness (QED) is 0.381. The van der Waals surface area contributed by atoms with Crippen LogP contribution in [0.25, 0.3) is 0 Å². The molecular weight excluding hydrogens is 256 g/mol. The third-order valence-electron chi connectivity index (χ3n) is 2.38. The van der Waals surface area contributed by atoms with Gasteiger partial charge in [0.2, 0.25) is 0 Å². The molecule has 1 aromatic carbocycles. The van der Waals surface area contributed by atoms with Gasteiger partial charge in [-0.25, -0.2) is 4.18 Å². The molecule has 0 aliphatic carbocycles. The lowest BCUT2D eigenvalue weighted by atomic mass is 10.1. The summed E-state index contributed by atoms with van der Waals surface area (Å²) in [5, 5.41) is 3.00. The van der Waals surface area contributed by atoms with Gasteiger partial charge in [0.25, 0.3) is 0 Å². The zero-order chi connectivity index (χ0) is 13.6. The average molecular weight is 274 g/mol. The van der Waals surface area contributed by atoms with Crippen LogP contribution in [0.4, 0.5) is 5.69 Å².